The molecule has 7 nitrogen and oxygen atoms in total. The molecule has 2 fully saturated rings. The van der Waals surface area contributed by atoms with Crippen LogP contribution in [0.1, 0.15) is 36.5 Å². The van der Waals surface area contributed by atoms with Crippen molar-refractivity contribution in [2.45, 2.75) is 26.2 Å². The molecule has 3 amide bonds. The lowest BCUT2D eigenvalue weighted by atomic mass is 10.1. The molecule has 7 heteroatoms. The third-order valence-electron chi connectivity index (χ3n) is 5.21. The van der Waals surface area contributed by atoms with Crippen molar-refractivity contribution in [3.63, 3.8) is 0 Å². The van der Waals surface area contributed by atoms with Gasteiger partial charge in [-0.15, -0.1) is 0 Å². The van der Waals surface area contributed by atoms with Crippen molar-refractivity contribution in [1.29, 1.82) is 0 Å². The van der Waals surface area contributed by atoms with E-state index in [0.717, 1.165) is 19.6 Å². The van der Waals surface area contributed by atoms with Crippen LogP contribution in [0.25, 0.3) is 0 Å². The number of benzene rings is 1. The number of likely N-dealkylation sites (tertiary alicyclic amines) is 1. The maximum Gasteiger partial charge on any atom is 0.253 e. The largest absolute Gasteiger partial charge is 0.339 e. The van der Waals surface area contributed by atoms with Gasteiger partial charge in [0.15, 0.2) is 0 Å². The number of nitrogens with one attached hydrogen (secondary N) is 1. The van der Waals surface area contributed by atoms with Crippen molar-refractivity contribution in [2.24, 2.45) is 0 Å². The van der Waals surface area contributed by atoms with E-state index < -0.39 is 0 Å². The zero-order chi connectivity index (χ0) is 19.2. The van der Waals surface area contributed by atoms with Crippen LogP contribution in [0.4, 0.5) is 5.69 Å². The summed E-state index contributed by atoms with van der Waals surface area (Å²) < 4.78 is 0. The summed E-state index contributed by atoms with van der Waals surface area (Å²) in [5.74, 6) is 0.0156. The van der Waals surface area contributed by atoms with Crippen LogP contribution in [0.3, 0.4) is 0 Å². The summed E-state index contributed by atoms with van der Waals surface area (Å²) in [6.07, 6.45) is 3.04. The molecular weight excluding hydrogens is 344 g/mol. The average molecular weight is 372 g/mol. The van der Waals surface area contributed by atoms with Gasteiger partial charge in [0, 0.05) is 57.3 Å². The lowest BCUT2D eigenvalue weighted by molar-refractivity contribution is -0.133. The second-order valence-corrected chi connectivity index (χ2v) is 7.23. The molecule has 2 aliphatic rings. The van der Waals surface area contributed by atoms with Crippen LogP contribution in [-0.4, -0.2) is 78.2 Å². The van der Waals surface area contributed by atoms with E-state index >= 15 is 0 Å². The van der Waals surface area contributed by atoms with E-state index in [1.807, 2.05) is 4.90 Å². The van der Waals surface area contributed by atoms with Crippen LogP contribution in [-0.2, 0) is 9.59 Å². The first-order valence-corrected chi connectivity index (χ1v) is 9.70. The Kier molecular flexibility index (Phi) is 6.45. The molecule has 146 valence electrons. The van der Waals surface area contributed by atoms with E-state index in [9.17, 15) is 14.4 Å². The number of carbonyl (C=O) groups is 3. The normalized spacial score (nSPS) is 17.8. The van der Waals surface area contributed by atoms with Gasteiger partial charge in [-0.1, -0.05) is 0 Å². The molecule has 0 bridgehead atoms. The lowest BCUT2D eigenvalue weighted by Crippen LogP contribution is -2.51. The second-order valence-electron chi connectivity index (χ2n) is 7.23. The molecule has 27 heavy (non-hydrogen) atoms. The summed E-state index contributed by atoms with van der Waals surface area (Å²) in [7, 11) is 0. The fourth-order valence-corrected chi connectivity index (χ4v) is 3.66. The summed E-state index contributed by atoms with van der Waals surface area (Å²) in [5.41, 5.74) is 1.27. The molecule has 0 atom stereocenters. The Labute approximate surface area is 160 Å². The van der Waals surface area contributed by atoms with Gasteiger partial charge in [0.25, 0.3) is 5.91 Å². The number of hydrogen-bond donors (Lipinski definition) is 1. The van der Waals surface area contributed by atoms with Gasteiger partial charge < -0.3 is 20.0 Å². The molecule has 0 aromatic heterocycles. The maximum atomic E-state index is 12.6. The predicted molar refractivity (Wildman–Crippen MR) is 104 cm³/mol. The number of carbonyl (C=O) groups excluding carboxylic acids is 3. The van der Waals surface area contributed by atoms with E-state index in [1.54, 1.807) is 29.2 Å². The van der Waals surface area contributed by atoms with E-state index in [0.29, 0.717) is 43.9 Å². The molecule has 2 saturated heterocycles. The van der Waals surface area contributed by atoms with Crippen molar-refractivity contribution < 1.29 is 14.4 Å². The molecule has 0 saturated carbocycles. The first kappa shape index (κ1) is 19.4. The topological polar surface area (TPSA) is 73.0 Å². The molecule has 2 heterocycles. The third-order valence-corrected chi connectivity index (χ3v) is 5.21. The summed E-state index contributed by atoms with van der Waals surface area (Å²) in [6, 6.07) is 6.90. The van der Waals surface area contributed by atoms with Crippen LogP contribution >= 0.6 is 0 Å². The van der Waals surface area contributed by atoms with Gasteiger partial charge in [-0.25, -0.2) is 0 Å². The average Bonchev–Trinajstić information content (AvgIpc) is 3.19. The summed E-state index contributed by atoms with van der Waals surface area (Å²) in [4.78, 5) is 42.1. The van der Waals surface area contributed by atoms with Crippen LogP contribution in [0.15, 0.2) is 24.3 Å². The Hall–Kier alpha value is -2.41. The molecule has 0 unspecified atom stereocenters. The highest BCUT2D eigenvalue weighted by Crippen LogP contribution is 2.14. The van der Waals surface area contributed by atoms with Crippen LogP contribution in [0.2, 0.25) is 0 Å². The highest BCUT2D eigenvalue weighted by molar-refractivity contribution is 5.95. The number of nitrogens with zero attached hydrogens (tertiary/aromatic N) is 3. The van der Waals surface area contributed by atoms with Gasteiger partial charge >= 0.3 is 0 Å². The minimum absolute atomic E-state index is 0.0338. The first-order chi connectivity index (χ1) is 13.0. The smallest absolute Gasteiger partial charge is 0.253 e. The van der Waals surface area contributed by atoms with Gasteiger partial charge in [-0.2, -0.15) is 0 Å². The van der Waals surface area contributed by atoms with Gasteiger partial charge in [-0.3, -0.25) is 14.4 Å². The van der Waals surface area contributed by atoms with Gasteiger partial charge in [0.1, 0.15) is 0 Å². The standard InChI is InChI=1S/C20H28N4O3/c1-16(25)21-18-6-4-17(5-7-18)20(27)24-14-12-23(13-15-24)19(26)8-11-22-9-2-3-10-22/h4-7H,2-3,8-15H2,1H3,(H,21,25). The number of anilines is 1. The number of piperazine rings is 1. The summed E-state index contributed by atoms with van der Waals surface area (Å²) in [5, 5.41) is 2.69. The van der Waals surface area contributed by atoms with Gasteiger partial charge in [0.05, 0.1) is 0 Å². The zero-order valence-electron chi connectivity index (χ0n) is 15.9. The molecule has 1 N–H and O–H groups in total. The maximum absolute atomic E-state index is 12.6. The van der Waals surface area contributed by atoms with Crippen molar-refractivity contribution in [3.8, 4) is 0 Å². The molecule has 0 radical (unpaired) electrons. The molecule has 3 rings (SSSR count). The monoisotopic (exact) mass is 372 g/mol. The summed E-state index contributed by atoms with van der Waals surface area (Å²) in [6.45, 7) is 6.81. The molecular formula is C20H28N4O3. The van der Waals surface area contributed by atoms with Crippen molar-refractivity contribution in [3.05, 3.63) is 29.8 Å². The van der Waals surface area contributed by atoms with Gasteiger partial charge in [0.2, 0.25) is 11.8 Å². The predicted octanol–water partition coefficient (Wildman–Crippen LogP) is 1.42. The van der Waals surface area contributed by atoms with E-state index in [1.165, 1.54) is 19.8 Å². The number of hydrogen-bond acceptors (Lipinski definition) is 4. The van der Waals surface area contributed by atoms with Crippen molar-refractivity contribution in [1.82, 2.24) is 14.7 Å². The second kappa shape index (κ2) is 8.99. The fourth-order valence-electron chi connectivity index (χ4n) is 3.66. The minimum atomic E-state index is -0.139. The van der Waals surface area contributed by atoms with Crippen LogP contribution < -0.4 is 5.32 Å². The highest BCUT2D eigenvalue weighted by Gasteiger charge is 2.25. The Morgan fingerprint density at radius 1 is 0.889 bits per heavy atom. The van der Waals surface area contributed by atoms with E-state index in [4.69, 9.17) is 0 Å². The number of amides is 3. The molecule has 1 aromatic carbocycles. The van der Waals surface area contributed by atoms with Crippen molar-refractivity contribution >= 4 is 23.4 Å². The van der Waals surface area contributed by atoms with E-state index in [-0.39, 0.29) is 17.7 Å². The Bertz CT molecular complexity index is 675. The first-order valence-electron chi connectivity index (χ1n) is 9.70. The SMILES string of the molecule is CC(=O)Nc1ccc(C(=O)N2CCN(C(=O)CCN3CCCC3)CC2)cc1. The fraction of sp³-hybridized carbons (Fsp3) is 0.550. The summed E-state index contributed by atoms with van der Waals surface area (Å²) >= 11 is 0. The van der Waals surface area contributed by atoms with Crippen LogP contribution in [0.5, 0.6) is 0 Å². The highest BCUT2D eigenvalue weighted by atomic mass is 16.2. The van der Waals surface area contributed by atoms with Crippen molar-refractivity contribution in [2.75, 3.05) is 51.1 Å². The molecule has 2 aliphatic heterocycles. The number of rotatable bonds is 5. The zero-order valence-corrected chi connectivity index (χ0v) is 15.9. The Morgan fingerprint density at radius 2 is 1.48 bits per heavy atom. The molecule has 0 spiro atoms. The van der Waals surface area contributed by atoms with Gasteiger partial charge in [-0.05, 0) is 50.2 Å². The lowest BCUT2D eigenvalue weighted by Gasteiger charge is -2.35. The Morgan fingerprint density at radius 3 is 2.07 bits per heavy atom. The minimum Gasteiger partial charge on any atom is -0.339 e. The van der Waals surface area contributed by atoms with E-state index in [2.05, 4.69) is 10.2 Å². The van der Waals surface area contributed by atoms with Crippen LogP contribution in [0, 0.1) is 0 Å². The quantitative estimate of drug-likeness (QED) is 0.848. The Balaban J connectivity index is 1.45. The molecule has 0 aliphatic carbocycles. The third kappa shape index (κ3) is 5.29. The molecule has 1 aromatic rings.